The molecule has 3 aromatic rings. The summed E-state index contributed by atoms with van der Waals surface area (Å²) in [6, 6.07) is 8.56. The SMILES string of the molecule is CC1CCc2sc(C(=O)NNC(=O)c3nn(C(C)C)c(=O)c4ccccc34)cc2C1. The molecule has 2 aromatic heterocycles. The summed E-state index contributed by atoms with van der Waals surface area (Å²) in [7, 11) is 0. The van der Waals surface area contributed by atoms with Crippen LogP contribution in [0.4, 0.5) is 0 Å². The van der Waals surface area contributed by atoms with Gasteiger partial charge in [0, 0.05) is 10.3 Å². The van der Waals surface area contributed by atoms with Crippen LogP contribution in [0.5, 0.6) is 0 Å². The number of thiophene rings is 1. The molecule has 0 aliphatic heterocycles. The van der Waals surface area contributed by atoms with Gasteiger partial charge in [-0.3, -0.25) is 25.2 Å². The standard InChI is InChI=1S/C22H24N4O3S/c1-12(2)26-22(29)16-7-5-4-6-15(16)19(25-26)21(28)24-23-20(27)18-11-14-10-13(3)8-9-17(14)30-18/h4-7,11-13H,8-10H2,1-3H3,(H,23,27)(H,24,28). The van der Waals surface area contributed by atoms with Crippen LogP contribution in [0.1, 0.15) is 63.8 Å². The number of nitrogens with zero attached hydrogens (tertiary/aromatic N) is 2. The predicted molar refractivity (Wildman–Crippen MR) is 117 cm³/mol. The average Bonchev–Trinajstić information content (AvgIpc) is 3.15. The number of hydrogen-bond donors (Lipinski definition) is 2. The Hall–Kier alpha value is -3.00. The van der Waals surface area contributed by atoms with Crippen LogP contribution in [0.25, 0.3) is 10.8 Å². The van der Waals surface area contributed by atoms with Crippen LogP contribution < -0.4 is 16.4 Å². The molecular weight excluding hydrogens is 400 g/mol. The fourth-order valence-corrected chi connectivity index (χ4v) is 4.88. The van der Waals surface area contributed by atoms with Gasteiger partial charge < -0.3 is 0 Å². The smallest absolute Gasteiger partial charge is 0.267 e. The van der Waals surface area contributed by atoms with Crippen LogP contribution in [-0.2, 0) is 12.8 Å². The Morgan fingerprint density at radius 1 is 1.17 bits per heavy atom. The molecule has 0 saturated carbocycles. The third kappa shape index (κ3) is 3.75. The molecule has 0 bridgehead atoms. The van der Waals surface area contributed by atoms with Crippen molar-refractivity contribution >= 4 is 33.9 Å². The summed E-state index contributed by atoms with van der Waals surface area (Å²) in [6.45, 7) is 5.87. The van der Waals surface area contributed by atoms with E-state index in [1.54, 1.807) is 24.3 Å². The third-order valence-corrected chi connectivity index (χ3v) is 6.61. The Balaban J connectivity index is 1.56. The maximum absolute atomic E-state index is 12.8. The quantitative estimate of drug-likeness (QED) is 0.631. The molecule has 4 rings (SSSR count). The number of rotatable bonds is 3. The highest BCUT2D eigenvalue weighted by Crippen LogP contribution is 2.32. The molecule has 1 atom stereocenters. The van der Waals surface area contributed by atoms with E-state index < -0.39 is 5.91 Å². The summed E-state index contributed by atoms with van der Waals surface area (Å²) in [6.07, 6.45) is 3.11. The minimum Gasteiger partial charge on any atom is -0.267 e. The minimum absolute atomic E-state index is 0.0958. The summed E-state index contributed by atoms with van der Waals surface area (Å²) >= 11 is 1.48. The first kappa shape index (κ1) is 20.3. The van der Waals surface area contributed by atoms with Gasteiger partial charge in [-0.2, -0.15) is 5.10 Å². The van der Waals surface area contributed by atoms with Crippen LogP contribution in [0.2, 0.25) is 0 Å². The molecule has 2 amide bonds. The van der Waals surface area contributed by atoms with E-state index >= 15 is 0 Å². The van der Waals surface area contributed by atoms with E-state index in [2.05, 4.69) is 22.9 Å². The van der Waals surface area contributed by atoms with Gasteiger partial charge in [-0.1, -0.05) is 25.1 Å². The highest BCUT2D eigenvalue weighted by molar-refractivity contribution is 7.14. The molecule has 0 saturated heterocycles. The number of nitrogens with one attached hydrogen (secondary N) is 2. The van der Waals surface area contributed by atoms with Crippen LogP contribution in [0.15, 0.2) is 35.1 Å². The minimum atomic E-state index is -0.566. The number of carbonyl (C=O) groups excluding carboxylic acids is 2. The topological polar surface area (TPSA) is 93.1 Å². The number of hydrazine groups is 1. The number of carbonyl (C=O) groups is 2. The predicted octanol–water partition coefficient (Wildman–Crippen LogP) is 3.24. The van der Waals surface area contributed by atoms with Crippen molar-refractivity contribution in [2.75, 3.05) is 0 Å². The van der Waals surface area contributed by atoms with Crippen molar-refractivity contribution in [3.8, 4) is 0 Å². The van der Waals surface area contributed by atoms with Gasteiger partial charge in [-0.25, -0.2) is 4.68 Å². The van der Waals surface area contributed by atoms with E-state index in [9.17, 15) is 14.4 Å². The average molecular weight is 425 g/mol. The van der Waals surface area contributed by atoms with Crippen molar-refractivity contribution in [1.82, 2.24) is 20.6 Å². The lowest BCUT2D eigenvalue weighted by Gasteiger charge is -2.16. The summed E-state index contributed by atoms with van der Waals surface area (Å²) in [5.41, 5.74) is 6.02. The molecule has 156 valence electrons. The van der Waals surface area contributed by atoms with Gasteiger partial charge in [-0.15, -0.1) is 11.3 Å². The first-order valence-electron chi connectivity index (χ1n) is 10.1. The van der Waals surface area contributed by atoms with Gasteiger partial charge in [0.25, 0.3) is 17.4 Å². The molecule has 0 radical (unpaired) electrons. The maximum atomic E-state index is 12.8. The van der Waals surface area contributed by atoms with Gasteiger partial charge in [-0.05, 0) is 56.7 Å². The van der Waals surface area contributed by atoms with Gasteiger partial charge in [0.15, 0.2) is 5.69 Å². The molecule has 7 nitrogen and oxygen atoms in total. The second kappa shape index (κ2) is 8.02. The van der Waals surface area contributed by atoms with Crippen LogP contribution in [0, 0.1) is 5.92 Å². The summed E-state index contributed by atoms with van der Waals surface area (Å²) in [5.74, 6) is -0.292. The molecule has 2 N–H and O–H groups in total. The Morgan fingerprint density at radius 3 is 2.60 bits per heavy atom. The van der Waals surface area contributed by atoms with Crippen LogP contribution in [-0.4, -0.2) is 21.6 Å². The molecular formula is C22H24N4O3S. The molecule has 8 heteroatoms. The van der Waals surface area contributed by atoms with Gasteiger partial charge in [0.05, 0.1) is 16.3 Å². The second-order valence-electron chi connectivity index (χ2n) is 8.05. The zero-order chi connectivity index (χ0) is 21.4. The molecule has 0 fully saturated rings. The molecule has 1 aliphatic rings. The number of benzene rings is 1. The van der Waals surface area contributed by atoms with Crippen molar-refractivity contribution in [3.63, 3.8) is 0 Å². The lowest BCUT2D eigenvalue weighted by atomic mass is 9.90. The van der Waals surface area contributed by atoms with E-state index in [0.717, 1.165) is 19.3 Å². The Labute approximate surface area is 178 Å². The lowest BCUT2D eigenvalue weighted by molar-refractivity contribution is 0.0845. The van der Waals surface area contributed by atoms with Crippen molar-refractivity contribution in [2.24, 2.45) is 5.92 Å². The molecule has 1 aliphatic carbocycles. The van der Waals surface area contributed by atoms with E-state index in [0.29, 0.717) is 21.6 Å². The molecule has 2 heterocycles. The molecule has 0 spiro atoms. The normalized spacial score (nSPS) is 15.8. The summed E-state index contributed by atoms with van der Waals surface area (Å²) < 4.78 is 1.29. The monoisotopic (exact) mass is 424 g/mol. The Kier molecular flexibility index (Phi) is 5.42. The number of hydrogen-bond acceptors (Lipinski definition) is 5. The third-order valence-electron chi connectivity index (χ3n) is 5.38. The number of fused-ring (bicyclic) bond motifs is 2. The number of amides is 2. The fourth-order valence-electron chi connectivity index (χ4n) is 3.78. The largest absolute Gasteiger partial charge is 0.290 e. The number of aromatic nitrogens is 2. The zero-order valence-corrected chi connectivity index (χ0v) is 18.0. The fraction of sp³-hybridized carbons (Fsp3) is 0.364. The van der Waals surface area contributed by atoms with E-state index in [4.69, 9.17) is 0 Å². The van der Waals surface area contributed by atoms with Crippen molar-refractivity contribution < 1.29 is 9.59 Å². The van der Waals surface area contributed by atoms with Crippen molar-refractivity contribution in [2.45, 2.75) is 46.1 Å². The molecule has 1 unspecified atom stereocenters. The highest BCUT2D eigenvalue weighted by Gasteiger charge is 2.22. The summed E-state index contributed by atoms with van der Waals surface area (Å²) in [4.78, 5) is 39.8. The first-order chi connectivity index (χ1) is 14.3. The Morgan fingerprint density at radius 2 is 1.87 bits per heavy atom. The van der Waals surface area contributed by atoms with Crippen LogP contribution >= 0.6 is 11.3 Å². The first-order valence-corrected chi connectivity index (χ1v) is 10.9. The van der Waals surface area contributed by atoms with Crippen molar-refractivity contribution in [1.29, 1.82) is 0 Å². The van der Waals surface area contributed by atoms with Crippen molar-refractivity contribution in [3.05, 3.63) is 61.7 Å². The van der Waals surface area contributed by atoms with Gasteiger partial charge in [0.1, 0.15) is 0 Å². The Bertz CT molecular complexity index is 1190. The second-order valence-corrected chi connectivity index (χ2v) is 9.19. The highest BCUT2D eigenvalue weighted by atomic mass is 32.1. The van der Waals surface area contributed by atoms with Gasteiger partial charge >= 0.3 is 0 Å². The van der Waals surface area contributed by atoms with E-state index in [-0.39, 0.29) is 23.2 Å². The maximum Gasteiger partial charge on any atom is 0.290 e. The zero-order valence-electron chi connectivity index (χ0n) is 17.2. The van der Waals surface area contributed by atoms with Gasteiger partial charge in [0.2, 0.25) is 0 Å². The van der Waals surface area contributed by atoms with E-state index in [1.807, 2.05) is 19.9 Å². The molecule has 30 heavy (non-hydrogen) atoms. The number of aryl methyl sites for hydroxylation is 1. The lowest BCUT2D eigenvalue weighted by Crippen LogP contribution is -2.42. The molecule has 1 aromatic carbocycles. The van der Waals surface area contributed by atoms with E-state index in [1.165, 1.54) is 26.5 Å². The summed E-state index contributed by atoms with van der Waals surface area (Å²) in [5, 5.41) is 5.12. The van der Waals surface area contributed by atoms with Crippen LogP contribution in [0.3, 0.4) is 0 Å².